The molecular formula is C35H49FN4O6. The molecule has 3 heterocycles. The maximum Gasteiger partial charge on any atom is 0.410 e. The van der Waals surface area contributed by atoms with E-state index >= 15 is 4.39 Å². The molecule has 0 aliphatic carbocycles. The molecule has 0 spiro atoms. The van der Waals surface area contributed by atoms with Gasteiger partial charge in [-0.3, -0.25) is 4.79 Å². The first kappa shape index (κ1) is 35.0. The number of nitrogens with one attached hydrogen (secondary N) is 1. The third-order valence-corrected chi connectivity index (χ3v) is 8.48. The van der Waals surface area contributed by atoms with E-state index in [1.54, 1.807) is 55.0 Å². The van der Waals surface area contributed by atoms with Crippen molar-refractivity contribution >= 4 is 18.1 Å². The molecule has 3 unspecified atom stereocenters. The Morgan fingerprint density at radius 1 is 1.02 bits per heavy atom. The van der Waals surface area contributed by atoms with Crippen molar-refractivity contribution in [2.45, 2.75) is 110 Å². The van der Waals surface area contributed by atoms with Crippen molar-refractivity contribution in [3.8, 4) is 17.0 Å². The topological polar surface area (TPSA) is 110 Å². The van der Waals surface area contributed by atoms with Crippen molar-refractivity contribution < 1.29 is 33.0 Å². The third kappa shape index (κ3) is 9.56. The van der Waals surface area contributed by atoms with Crippen molar-refractivity contribution in [1.29, 1.82) is 0 Å². The number of alkyl carbamates (subject to hydrolysis) is 1. The molecule has 1 aromatic heterocycles. The van der Waals surface area contributed by atoms with Crippen LogP contribution >= 0.6 is 0 Å². The SMILES string of the molecule is CC(C)OC(=O)N1CCC(C(C)Oc2ccc(-c3ccc(CC(NC(=O)OC(C)(C)C)C(=O)N4CCCC4C)c(F)c3)cn2)CC1. The molecule has 46 heavy (non-hydrogen) atoms. The van der Waals surface area contributed by atoms with Gasteiger partial charge in [-0.1, -0.05) is 12.1 Å². The van der Waals surface area contributed by atoms with Gasteiger partial charge in [0.2, 0.25) is 11.8 Å². The first-order valence-corrected chi connectivity index (χ1v) is 16.4. The van der Waals surface area contributed by atoms with E-state index in [1.165, 1.54) is 6.07 Å². The average molecular weight is 641 g/mol. The summed E-state index contributed by atoms with van der Waals surface area (Å²) in [6.07, 6.45) is 3.83. The minimum Gasteiger partial charge on any atom is -0.474 e. The van der Waals surface area contributed by atoms with Gasteiger partial charge in [0.25, 0.3) is 0 Å². The fourth-order valence-electron chi connectivity index (χ4n) is 5.96. The van der Waals surface area contributed by atoms with Gasteiger partial charge in [0, 0.05) is 49.9 Å². The Kier molecular flexibility index (Phi) is 11.5. The summed E-state index contributed by atoms with van der Waals surface area (Å²) in [6.45, 7) is 14.8. The van der Waals surface area contributed by atoms with E-state index in [-0.39, 0.29) is 42.6 Å². The molecule has 11 heteroatoms. The first-order chi connectivity index (χ1) is 21.7. The average Bonchev–Trinajstić information content (AvgIpc) is 3.42. The fraction of sp³-hybridized carbons (Fsp3) is 0.600. The van der Waals surface area contributed by atoms with Crippen LogP contribution in [-0.4, -0.2) is 82.4 Å². The minimum absolute atomic E-state index is 0.00579. The van der Waals surface area contributed by atoms with Crippen molar-refractivity contribution in [1.82, 2.24) is 20.1 Å². The second-order valence-electron chi connectivity index (χ2n) is 13.7. The summed E-state index contributed by atoms with van der Waals surface area (Å²) in [5, 5.41) is 2.69. The van der Waals surface area contributed by atoms with Gasteiger partial charge in [-0.15, -0.1) is 0 Å². The lowest BCUT2D eigenvalue weighted by Gasteiger charge is -2.34. The van der Waals surface area contributed by atoms with Crippen LogP contribution in [-0.2, 0) is 20.7 Å². The summed E-state index contributed by atoms with van der Waals surface area (Å²) < 4.78 is 32.3. The molecule has 252 valence electrons. The summed E-state index contributed by atoms with van der Waals surface area (Å²) in [7, 11) is 0. The molecule has 2 saturated heterocycles. The number of aromatic nitrogens is 1. The van der Waals surface area contributed by atoms with E-state index in [0.717, 1.165) is 25.7 Å². The molecule has 2 aromatic rings. The summed E-state index contributed by atoms with van der Waals surface area (Å²) in [5.74, 6) is 0.0296. The summed E-state index contributed by atoms with van der Waals surface area (Å²) in [5.41, 5.74) is 0.925. The zero-order chi connectivity index (χ0) is 33.6. The quantitative estimate of drug-likeness (QED) is 0.340. The van der Waals surface area contributed by atoms with Crippen LogP contribution in [0.1, 0.15) is 79.7 Å². The van der Waals surface area contributed by atoms with Gasteiger partial charge in [0.1, 0.15) is 23.6 Å². The van der Waals surface area contributed by atoms with Gasteiger partial charge >= 0.3 is 12.2 Å². The molecule has 2 aliphatic heterocycles. The van der Waals surface area contributed by atoms with Gasteiger partial charge in [0.15, 0.2) is 0 Å². The number of hydrogen-bond acceptors (Lipinski definition) is 7. The predicted molar refractivity (Wildman–Crippen MR) is 173 cm³/mol. The Hall–Kier alpha value is -3.89. The summed E-state index contributed by atoms with van der Waals surface area (Å²) >= 11 is 0. The maximum atomic E-state index is 15.5. The van der Waals surface area contributed by atoms with E-state index in [4.69, 9.17) is 14.2 Å². The Morgan fingerprint density at radius 2 is 1.72 bits per heavy atom. The highest BCUT2D eigenvalue weighted by Crippen LogP contribution is 2.27. The second-order valence-corrected chi connectivity index (χ2v) is 13.7. The van der Waals surface area contributed by atoms with E-state index in [0.29, 0.717) is 42.2 Å². The number of nitrogens with zero attached hydrogens (tertiary/aromatic N) is 3. The number of benzene rings is 1. The third-order valence-electron chi connectivity index (χ3n) is 8.48. The fourth-order valence-corrected chi connectivity index (χ4v) is 5.96. The van der Waals surface area contributed by atoms with Crippen molar-refractivity contribution in [3.63, 3.8) is 0 Å². The smallest absolute Gasteiger partial charge is 0.410 e. The second kappa shape index (κ2) is 15.1. The highest BCUT2D eigenvalue weighted by atomic mass is 19.1. The first-order valence-electron chi connectivity index (χ1n) is 16.4. The predicted octanol–water partition coefficient (Wildman–Crippen LogP) is 6.36. The molecule has 1 aromatic carbocycles. The van der Waals surface area contributed by atoms with Crippen molar-refractivity contribution in [3.05, 3.63) is 47.9 Å². The van der Waals surface area contributed by atoms with Crippen LogP contribution in [0.4, 0.5) is 14.0 Å². The molecular weight excluding hydrogens is 591 g/mol. The van der Waals surface area contributed by atoms with Crippen LogP contribution in [0, 0.1) is 11.7 Å². The number of hydrogen-bond donors (Lipinski definition) is 1. The van der Waals surface area contributed by atoms with Gasteiger partial charge in [-0.2, -0.15) is 0 Å². The van der Waals surface area contributed by atoms with Gasteiger partial charge in [-0.25, -0.2) is 19.0 Å². The Balaban J connectivity index is 1.38. The zero-order valence-electron chi connectivity index (χ0n) is 28.2. The zero-order valence-corrected chi connectivity index (χ0v) is 28.2. The lowest BCUT2D eigenvalue weighted by Crippen LogP contribution is -2.51. The van der Waals surface area contributed by atoms with Crippen LogP contribution in [0.25, 0.3) is 11.1 Å². The van der Waals surface area contributed by atoms with Crippen molar-refractivity contribution in [2.24, 2.45) is 5.92 Å². The highest BCUT2D eigenvalue weighted by Gasteiger charge is 2.33. The van der Waals surface area contributed by atoms with Crippen LogP contribution in [0.3, 0.4) is 0 Å². The molecule has 0 radical (unpaired) electrons. The summed E-state index contributed by atoms with van der Waals surface area (Å²) in [6, 6.07) is 7.54. The van der Waals surface area contributed by atoms with E-state index < -0.39 is 23.6 Å². The number of carbonyl (C=O) groups is 3. The number of rotatable bonds is 9. The molecule has 4 rings (SSSR count). The minimum atomic E-state index is -0.961. The maximum absolute atomic E-state index is 15.5. The van der Waals surface area contributed by atoms with E-state index in [2.05, 4.69) is 10.3 Å². The Bertz CT molecular complexity index is 1350. The molecule has 0 saturated carbocycles. The lowest BCUT2D eigenvalue weighted by molar-refractivity contribution is -0.134. The Labute approximate surface area is 272 Å². The number of piperidine rings is 1. The number of amides is 3. The largest absolute Gasteiger partial charge is 0.474 e. The Morgan fingerprint density at radius 3 is 2.28 bits per heavy atom. The van der Waals surface area contributed by atoms with Crippen LogP contribution < -0.4 is 10.1 Å². The van der Waals surface area contributed by atoms with Crippen molar-refractivity contribution in [2.75, 3.05) is 19.6 Å². The normalized spacial score (nSPS) is 18.7. The van der Waals surface area contributed by atoms with Gasteiger partial charge < -0.3 is 29.3 Å². The molecule has 10 nitrogen and oxygen atoms in total. The number of pyridine rings is 1. The van der Waals surface area contributed by atoms with Crippen LogP contribution in [0.5, 0.6) is 5.88 Å². The molecule has 1 N–H and O–H groups in total. The molecule has 0 bridgehead atoms. The van der Waals surface area contributed by atoms with Gasteiger partial charge in [-0.05, 0) is 103 Å². The van der Waals surface area contributed by atoms with Crippen LogP contribution in [0.15, 0.2) is 36.5 Å². The molecule has 2 fully saturated rings. The van der Waals surface area contributed by atoms with E-state index in [1.807, 2.05) is 33.8 Å². The van der Waals surface area contributed by atoms with Crippen LogP contribution in [0.2, 0.25) is 0 Å². The van der Waals surface area contributed by atoms with E-state index in [9.17, 15) is 14.4 Å². The number of ether oxygens (including phenoxy) is 3. The number of likely N-dealkylation sites (tertiary alicyclic amines) is 2. The standard InChI is InChI=1S/C35H49FN4O6/c1-22(2)44-34(43)39-17-14-25(15-18-39)24(4)45-31-13-12-28(21-37-31)26-10-11-27(29(36)19-26)20-30(38-33(42)46-35(5,6)7)32(41)40-16-8-9-23(40)3/h10-13,19,21-25,30H,8-9,14-18,20H2,1-7H3,(H,38,42). The summed E-state index contributed by atoms with van der Waals surface area (Å²) in [4.78, 5) is 46.2. The highest BCUT2D eigenvalue weighted by molar-refractivity contribution is 5.86. The molecule has 3 amide bonds. The monoisotopic (exact) mass is 640 g/mol. The molecule has 2 aliphatic rings. The number of halogens is 1. The lowest BCUT2D eigenvalue weighted by atomic mass is 9.92. The number of carbonyl (C=O) groups excluding carboxylic acids is 3. The molecule has 3 atom stereocenters. The van der Waals surface area contributed by atoms with Gasteiger partial charge in [0.05, 0.1) is 6.10 Å².